The number of nitrogens with zero attached hydrogens (tertiary/aromatic N) is 2. The van der Waals surface area contributed by atoms with E-state index >= 15 is 0 Å². The standard InChI is InChI=1S/C20H28N4O3S/c1-4-5-6-7-12-24(14-19(25)22-18-13-15(2)27-23-18)20(26)21-16-8-10-17(28-3)11-9-16/h8-11,13H,4-7,12,14H2,1-3H3,(H,21,26)(H,22,23,25). The highest BCUT2D eigenvalue weighted by Crippen LogP contribution is 2.18. The highest BCUT2D eigenvalue weighted by molar-refractivity contribution is 7.98. The number of aryl methyl sites for hydroxylation is 1. The first-order valence-corrected chi connectivity index (χ1v) is 10.7. The van der Waals surface area contributed by atoms with Gasteiger partial charge in [-0.05, 0) is 43.9 Å². The van der Waals surface area contributed by atoms with Crippen molar-refractivity contribution in [2.24, 2.45) is 0 Å². The van der Waals surface area contributed by atoms with Crippen molar-refractivity contribution in [3.63, 3.8) is 0 Å². The summed E-state index contributed by atoms with van der Waals surface area (Å²) in [5.41, 5.74) is 0.703. The molecule has 2 rings (SSSR count). The van der Waals surface area contributed by atoms with Crippen molar-refractivity contribution in [1.29, 1.82) is 0 Å². The third kappa shape index (κ3) is 7.26. The second-order valence-electron chi connectivity index (χ2n) is 6.51. The summed E-state index contributed by atoms with van der Waals surface area (Å²) in [5, 5.41) is 9.28. The fourth-order valence-electron chi connectivity index (χ4n) is 2.64. The third-order valence-corrected chi connectivity index (χ3v) is 4.88. The van der Waals surface area contributed by atoms with E-state index in [1.54, 1.807) is 24.8 Å². The van der Waals surface area contributed by atoms with Crippen molar-refractivity contribution in [2.75, 3.05) is 30.0 Å². The molecule has 0 saturated heterocycles. The lowest BCUT2D eigenvalue weighted by Crippen LogP contribution is -2.41. The first-order chi connectivity index (χ1) is 13.5. The van der Waals surface area contributed by atoms with Gasteiger partial charge in [-0.3, -0.25) is 4.79 Å². The van der Waals surface area contributed by atoms with Gasteiger partial charge in [-0.15, -0.1) is 11.8 Å². The SMILES string of the molecule is CCCCCCN(CC(=O)Nc1cc(C)on1)C(=O)Nc1ccc(SC)cc1. The van der Waals surface area contributed by atoms with Crippen molar-refractivity contribution >= 4 is 35.2 Å². The fourth-order valence-corrected chi connectivity index (χ4v) is 3.05. The minimum Gasteiger partial charge on any atom is -0.360 e. The van der Waals surface area contributed by atoms with Crippen LogP contribution in [0.5, 0.6) is 0 Å². The molecule has 7 nitrogen and oxygen atoms in total. The second-order valence-corrected chi connectivity index (χ2v) is 7.39. The maximum absolute atomic E-state index is 12.7. The third-order valence-electron chi connectivity index (χ3n) is 4.14. The molecule has 0 saturated carbocycles. The number of amides is 3. The van der Waals surface area contributed by atoms with Crippen LogP contribution in [0.15, 0.2) is 39.8 Å². The summed E-state index contributed by atoms with van der Waals surface area (Å²) in [6.45, 7) is 4.35. The van der Waals surface area contributed by atoms with Gasteiger partial charge in [0.2, 0.25) is 5.91 Å². The van der Waals surface area contributed by atoms with Crippen LogP contribution >= 0.6 is 11.8 Å². The first kappa shape index (κ1) is 21.8. The Balaban J connectivity index is 1.97. The largest absolute Gasteiger partial charge is 0.360 e. The molecule has 0 unspecified atom stereocenters. The van der Waals surface area contributed by atoms with Crippen molar-refractivity contribution in [3.8, 4) is 0 Å². The van der Waals surface area contributed by atoms with Gasteiger partial charge in [0.1, 0.15) is 12.3 Å². The van der Waals surface area contributed by atoms with E-state index < -0.39 is 0 Å². The molecule has 0 aliphatic heterocycles. The number of carbonyl (C=O) groups is 2. The lowest BCUT2D eigenvalue weighted by molar-refractivity contribution is -0.116. The quantitative estimate of drug-likeness (QED) is 0.440. The molecular formula is C20H28N4O3S. The molecule has 0 fully saturated rings. The maximum atomic E-state index is 12.7. The summed E-state index contributed by atoms with van der Waals surface area (Å²) >= 11 is 1.64. The molecule has 1 heterocycles. The van der Waals surface area contributed by atoms with Crippen molar-refractivity contribution in [1.82, 2.24) is 10.1 Å². The number of thioether (sulfide) groups is 1. The topological polar surface area (TPSA) is 87.5 Å². The van der Waals surface area contributed by atoms with Crippen molar-refractivity contribution in [2.45, 2.75) is 44.4 Å². The molecule has 152 valence electrons. The predicted octanol–water partition coefficient (Wildman–Crippen LogP) is 4.76. The lowest BCUT2D eigenvalue weighted by atomic mass is 10.2. The van der Waals surface area contributed by atoms with Gasteiger partial charge in [0.15, 0.2) is 5.82 Å². The minimum atomic E-state index is -0.309. The fraction of sp³-hybridized carbons (Fsp3) is 0.450. The Bertz CT molecular complexity index is 761. The van der Waals surface area contributed by atoms with Crippen LogP contribution in [0.1, 0.15) is 38.4 Å². The molecule has 0 aliphatic rings. The van der Waals surface area contributed by atoms with E-state index in [-0.39, 0.29) is 18.5 Å². The summed E-state index contributed by atoms with van der Waals surface area (Å²) in [7, 11) is 0. The number of rotatable bonds is 10. The van der Waals surface area contributed by atoms with Crippen LogP contribution in [0.25, 0.3) is 0 Å². The zero-order chi connectivity index (χ0) is 20.4. The van der Waals surface area contributed by atoms with Crippen molar-refractivity contribution in [3.05, 3.63) is 36.1 Å². The minimum absolute atomic E-state index is 0.0488. The van der Waals surface area contributed by atoms with E-state index in [1.165, 1.54) is 4.90 Å². The summed E-state index contributed by atoms with van der Waals surface area (Å²) < 4.78 is 4.95. The van der Waals surface area contributed by atoms with E-state index in [9.17, 15) is 9.59 Å². The van der Waals surface area contributed by atoms with Gasteiger partial charge in [0.25, 0.3) is 0 Å². The number of hydrogen-bond donors (Lipinski definition) is 2. The Kier molecular flexibility index (Phi) is 8.87. The van der Waals surface area contributed by atoms with E-state index in [1.807, 2.05) is 30.5 Å². The number of hydrogen-bond acceptors (Lipinski definition) is 5. The van der Waals surface area contributed by atoms with Gasteiger partial charge in [-0.2, -0.15) is 0 Å². The molecule has 2 aromatic rings. The molecule has 28 heavy (non-hydrogen) atoms. The van der Waals surface area contributed by atoms with Gasteiger partial charge < -0.3 is 20.1 Å². The molecule has 2 N–H and O–H groups in total. The average molecular weight is 405 g/mol. The van der Waals surface area contributed by atoms with Gasteiger partial charge >= 0.3 is 6.03 Å². The Hall–Kier alpha value is -2.48. The first-order valence-electron chi connectivity index (χ1n) is 9.45. The highest BCUT2D eigenvalue weighted by Gasteiger charge is 2.18. The highest BCUT2D eigenvalue weighted by atomic mass is 32.2. The Labute approximate surface area is 170 Å². The predicted molar refractivity (Wildman–Crippen MR) is 113 cm³/mol. The Morgan fingerprint density at radius 2 is 1.89 bits per heavy atom. The van der Waals surface area contributed by atoms with Crippen LogP contribution in [-0.4, -0.2) is 41.3 Å². The van der Waals surface area contributed by atoms with Crippen LogP contribution in [0.2, 0.25) is 0 Å². The molecular weight excluding hydrogens is 376 g/mol. The summed E-state index contributed by atoms with van der Waals surface area (Å²) in [5.74, 6) is 0.649. The van der Waals surface area contributed by atoms with Gasteiger partial charge in [-0.1, -0.05) is 31.3 Å². The zero-order valence-electron chi connectivity index (χ0n) is 16.7. The number of unbranched alkanes of at least 4 members (excludes halogenated alkanes) is 3. The molecule has 0 bridgehead atoms. The molecule has 0 radical (unpaired) electrons. The molecule has 0 atom stereocenters. The summed E-state index contributed by atoms with van der Waals surface area (Å²) in [6, 6.07) is 8.96. The molecule has 8 heteroatoms. The number of benzene rings is 1. The van der Waals surface area contributed by atoms with Crippen molar-refractivity contribution < 1.29 is 14.1 Å². The van der Waals surface area contributed by atoms with E-state index in [0.717, 1.165) is 30.6 Å². The van der Waals surface area contributed by atoms with Crippen LogP contribution in [0, 0.1) is 6.92 Å². The molecule has 0 aliphatic carbocycles. The number of carbonyl (C=O) groups excluding carboxylic acids is 2. The number of nitrogens with one attached hydrogen (secondary N) is 2. The van der Waals surface area contributed by atoms with Crippen LogP contribution in [-0.2, 0) is 4.79 Å². The molecule has 1 aromatic carbocycles. The number of aromatic nitrogens is 1. The Morgan fingerprint density at radius 3 is 2.50 bits per heavy atom. The summed E-state index contributed by atoms with van der Waals surface area (Å²) in [6.07, 6.45) is 6.09. The van der Waals surface area contributed by atoms with Crippen LogP contribution in [0.3, 0.4) is 0 Å². The van der Waals surface area contributed by atoms with Crippen LogP contribution in [0.4, 0.5) is 16.3 Å². The maximum Gasteiger partial charge on any atom is 0.322 e. The number of urea groups is 1. The van der Waals surface area contributed by atoms with E-state index in [0.29, 0.717) is 23.8 Å². The van der Waals surface area contributed by atoms with E-state index in [4.69, 9.17) is 4.52 Å². The molecule has 1 aromatic heterocycles. The normalized spacial score (nSPS) is 10.5. The smallest absolute Gasteiger partial charge is 0.322 e. The number of anilines is 2. The molecule has 3 amide bonds. The van der Waals surface area contributed by atoms with Crippen LogP contribution < -0.4 is 10.6 Å². The Morgan fingerprint density at radius 1 is 1.14 bits per heavy atom. The lowest BCUT2D eigenvalue weighted by Gasteiger charge is -2.22. The second kappa shape index (κ2) is 11.4. The molecule has 0 spiro atoms. The monoisotopic (exact) mass is 404 g/mol. The summed E-state index contributed by atoms with van der Waals surface area (Å²) in [4.78, 5) is 27.7. The van der Waals surface area contributed by atoms with Gasteiger partial charge in [0.05, 0.1) is 0 Å². The average Bonchev–Trinajstić information content (AvgIpc) is 3.09. The van der Waals surface area contributed by atoms with Gasteiger partial charge in [0, 0.05) is 23.2 Å². The van der Waals surface area contributed by atoms with E-state index in [2.05, 4.69) is 22.7 Å². The van der Waals surface area contributed by atoms with Gasteiger partial charge in [-0.25, -0.2) is 4.79 Å². The zero-order valence-corrected chi connectivity index (χ0v) is 17.5.